The van der Waals surface area contributed by atoms with Crippen molar-refractivity contribution in [3.63, 3.8) is 0 Å². The SMILES string of the molecule is [2H][C@](C)(NC(=O)OCC1c2ccccc2-c2ccccc21)C(=O)O. The van der Waals surface area contributed by atoms with Crippen LogP contribution in [0.5, 0.6) is 0 Å². The Bertz CT molecular complexity index is 758. The number of carbonyl (C=O) groups excluding carboxylic acids is 1. The molecule has 5 nitrogen and oxygen atoms in total. The second-order valence-electron chi connectivity index (χ2n) is 5.38. The van der Waals surface area contributed by atoms with Gasteiger partial charge in [-0.25, -0.2) is 4.79 Å². The van der Waals surface area contributed by atoms with Crippen molar-refractivity contribution >= 4 is 12.1 Å². The Morgan fingerprint density at radius 2 is 1.70 bits per heavy atom. The minimum Gasteiger partial charge on any atom is -0.480 e. The Labute approximate surface area is 135 Å². The number of carboxylic acids is 1. The number of hydrogen-bond donors (Lipinski definition) is 2. The van der Waals surface area contributed by atoms with E-state index in [1.807, 2.05) is 53.8 Å². The van der Waals surface area contributed by atoms with E-state index in [0.29, 0.717) is 0 Å². The van der Waals surface area contributed by atoms with Gasteiger partial charge in [0.15, 0.2) is 0 Å². The number of rotatable bonds is 4. The van der Waals surface area contributed by atoms with Crippen molar-refractivity contribution in [2.45, 2.75) is 18.9 Å². The summed E-state index contributed by atoms with van der Waals surface area (Å²) in [7, 11) is 0. The van der Waals surface area contributed by atoms with Crippen molar-refractivity contribution in [2.24, 2.45) is 0 Å². The smallest absolute Gasteiger partial charge is 0.407 e. The lowest BCUT2D eigenvalue weighted by molar-refractivity contribution is -0.138. The zero-order valence-corrected chi connectivity index (χ0v) is 12.6. The van der Waals surface area contributed by atoms with Crippen LogP contribution in [0.2, 0.25) is 0 Å². The maximum Gasteiger partial charge on any atom is 0.407 e. The molecule has 0 aromatic heterocycles. The van der Waals surface area contributed by atoms with E-state index in [9.17, 15) is 9.59 Å². The molecule has 0 saturated carbocycles. The summed E-state index contributed by atoms with van der Waals surface area (Å²) in [5.74, 6) is -1.55. The van der Waals surface area contributed by atoms with Gasteiger partial charge < -0.3 is 15.2 Å². The fourth-order valence-corrected chi connectivity index (χ4v) is 2.84. The molecule has 0 spiro atoms. The van der Waals surface area contributed by atoms with Crippen LogP contribution in [0.1, 0.15) is 25.3 Å². The van der Waals surface area contributed by atoms with Gasteiger partial charge in [0.1, 0.15) is 12.6 Å². The molecule has 23 heavy (non-hydrogen) atoms. The third kappa shape index (κ3) is 2.90. The third-order valence-corrected chi connectivity index (χ3v) is 3.95. The molecule has 1 aliphatic carbocycles. The largest absolute Gasteiger partial charge is 0.480 e. The van der Waals surface area contributed by atoms with E-state index in [-0.39, 0.29) is 12.5 Å². The van der Waals surface area contributed by atoms with Crippen LogP contribution in [0.3, 0.4) is 0 Å². The molecule has 1 aliphatic rings. The van der Waals surface area contributed by atoms with Gasteiger partial charge in [0.25, 0.3) is 0 Å². The molecule has 0 fully saturated rings. The lowest BCUT2D eigenvalue weighted by atomic mass is 9.98. The summed E-state index contributed by atoms with van der Waals surface area (Å²) >= 11 is 0. The van der Waals surface area contributed by atoms with Crippen LogP contribution in [0.25, 0.3) is 11.1 Å². The Morgan fingerprint density at radius 3 is 2.22 bits per heavy atom. The number of benzene rings is 2. The first-order valence-corrected chi connectivity index (χ1v) is 7.26. The van der Waals surface area contributed by atoms with Gasteiger partial charge in [0.2, 0.25) is 0 Å². The van der Waals surface area contributed by atoms with Crippen molar-refractivity contribution in [1.82, 2.24) is 5.32 Å². The van der Waals surface area contributed by atoms with E-state index < -0.39 is 18.1 Å². The summed E-state index contributed by atoms with van der Waals surface area (Å²) in [5, 5.41) is 10.9. The summed E-state index contributed by atoms with van der Waals surface area (Å²) < 4.78 is 12.7. The average molecular weight is 312 g/mol. The maximum absolute atomic E-state index is 11.8. The van der Waals surface area contributed by atoms with Gasteiger partial charge in [-0.2, -0.15) is 0 Å². The number of carboxylic acid groups (broad SMARTS) is 1. The number of carbonyl (C=O) groups is 2. The summed E-state index contributed by atoms with van der Waals surface area (Å²) in [6.45, 7) is 1.16. The van der Waals surface area contributed by atoms with Crippen LogP contribution < -0.4 is 5.32 Å². The normalized spacial score (nSPS) is 15.8. The molecule has 2 aromatic carbocycles. The van der Waals surface area contributed by atoms with E-state index in [2.05, 4.69) is 0 Å². The number of ether oxygens (including phenoxy) is 1. The zero-order chi connectivity index (χ0) is 17.3. The van der Waals surface area contributed by atoms with Crippen molar-refractivity contribution in [1.29, 1.82) is 0 Å². The molecule has 1 amide bonds. The molecular weight excluding hydrogens is 294 g/mol. The number of fused-ring (bicyclic) bond motifs is 3. The minimum atomic E-state index is -2.12. The fourth-order valence-electron chi connectivity index (χ4n) is 2.84. The predicted octanol–water partition coefficient (Wildman–Crippen LogP) is 3.00. The molecular formula is C18H17NO4. The van der Waals surface area contributed by atoms with E-state index in [4.69, 9.17) is 11.2 Å². The molecule has 0 aliphatic heterocycles. The van der Waals surface area contributed by atoms with Crippen molar-refractivity contribution < 1.29 is 20.8 Å². The highest BCUT2D eigenvalue weighted by atomic mass is 16.5. The van der Waals surface area contributed by atoms with Gasteiger partial charge in [0, 0.05) is 5.92 Å². The molecule has 2 aromatic rings. The predicted molar refractivity (Wildman–Crippen MR) is 85.3 cm³/mol. The van der Waals surface area contributed by atoms with Crippen LogP contribution in [0.4, 0.5) is 4.79 Å². The second-order valence-corrected chi connectivity index (χ2v) is 5.38. The highest BCUT2D eigenvalue weighted by Gasteiger charge is 2.29. The molecule has 0 saturated heterocycles. The summed E-state index contributed by atoms with van der Waals surface area (Å²) in [5.41, 5.74) is 4.35. The molecule has 3 rings (SSSR count). The topological polar surface area (TPSA) is 75.6 Å². The monoisotopic (exact) mass is 312 g/mol. The number of amides is 1. The summed E-state index contributed by atoms with van der Waals surface area (Å²) in [6, 6.07) is 13.7. The van der Waals surface area contributed by atoms with Gasteiger partial charge >= 0.3 is 12.1 Å². The minimum absolute atomic E-state index is 0.0789. The average Bonchev–Trinajstić information content (AvgIpc) is 2.86. The first-order chi connectivity index (χ1) is 11.4. The van der Waals surface area contributed by atoms with Crippen LogP contribution >= 0.6 is 0 Å². The quantitative estimate of drug-likeness (QED) is 0.910. The van der Waals surface area contributed by atoms with E-state index >= 15 is 0 Å². The highest BCUT2D eigenvalue weighted by Crippen LogP contribution is 2.44. The number of aliphatic carboxylic acids is 1. The van der Waals surface area contributed by atoms with Gasteiger partial charge in [-0.3, -0.25) is 4.79 Å². The lowest BCUT2D eigenvalue weighted by Gasteiger charge is -2.15. The molecule has 1 atom stereocenters. The number of hydrogen-bond acceptors (Lipinski definition) is 3. The Morgan fingerprint density at radius 1 is 1.17 bits per heavy atom. The van der Waals surface area contributed by atoms with Gasteiger partial charge in [-0.15, -0.1) is 0 Å². The number of nitrogens with one attached hydrogen (secondary N) is 1. The fraction of sp³-hybridized carbons (Fsp3) is 0.222. The van der Waals surface area contributed by atoms with Crippen molar-refractivity contribution in [3.05, 3.63) is 59.7 Å². The Hall–Kier alpha value is -2.82. The molecule has 5 heteroatoms. The molecule has 0 unspecified atom stereocenters. The molecule has 0 radical (unpaired) electrons. The standard InChI is InChI=1S/C18H17NO4/c1-11(17(20)21)19-18(22)23-10-16-14-8-4-2-6-12(14)13-7-3-5-9-15(13)16/h2-9,11,16H,10H2,1H3,(H,19,22)(H,20,21)/t11-/m1/s1/i11D. The van der Waals surface area contributed by atoms with Crippen molar-refractivity contribution in [2.75, 3.05) is 6.61 Å². The molecule has 118 valence electrons. The first-order valence-electron chi connectivity index (χ1n) is 7.76. The summed E-state index contributed by atoms with van der Waals surface area (Å²) in [4.78, 5) is 22.7. The van der Waals surface area contributed by atoms with Gasteiger partial charge in [-0.05, 0) is 29.2 Å². The van der Waals surface area contributed by atoms with E-state index in [1.54, 1.807) is 0 Å². The van der Waals surface area contributed by atoms with Crippen LogP contribution in [-0.4, -0.2) is 29.8 Å². The zero-order valence-electron chi connectivity index (χ0n) is 13.6. The molecule has 0 bridgehead atoms. The Kier molecular flexibility index (Phi) is 3.68. The van der Waals surface area contributed by atoms with Crippen LogP contribution in [0.15, 0.2) is 48.5 Å². The highest BCUT2D eigenvalue weighted by molar-refractivity contribution is 5.80. The number of alkyl carbamates (subject to hydrolysis) is 1. The van der Waals surface area contributed by atoms with Gasteiger partial charge in [-0.1, -0.05) is 48.5 Å². The summed E-state index contributed by atoms with van der Waals surface area (Å²) in [6.07, 6.45) is -0.920. The van der Waals surface area contributed by atoms with Gasteiger partial charge in [0.05, 0.1) is 1.37 Å². The van der Waals surface area contributed by atoms with Crippen LogP contribution in [-0.2, 0) is 9.53 Å². The molecule has 2 N–H and O–H groups in total. The van der Waals surface area contributed by atoms with Crippen LogP contribution in [0, 0.1) is 0 Å². The van der Waals surface area contributed by atoms with E-state index in [1.165, 1.54) is 0 Å². The molecule has 0 heterocycles. The third-order valence-electron chi connectivity index (χ3n) is 3.95. The lowest BCUT2D eigenvalue weighted by Crippen LogP contribution is -2.39. The Balaban J connectivity index is 1.76. The first kappa shape index (κ1) is 13.8. The van der Waals surface area contributed by atoms with Crippen molar-refractivity contribution in [3.8, 4) is 11.1 Å². The maximum atomic E-state index is 11.8. The second kappa shape index (κ2) is 6.12. The van der Waals surface area contributed by atoms with E-state index in [0.717, 1.165) is 29.2 Å².